The van der Waals surface area contributed by atoms with Gasteiger partial charge in [0.1, 0.15) is 42.4 Å². The lowest BCUT2D eigenvalue weighted by Crippen LogP contribution is -2.46. The van der Waals surface area contributed by atoms with E-state index in [0.717, 1.165) is 5.69 Å². The van der Waals surface area contributed by atoms with E-state index < -0.39 is 29.8 Å². The highest BCUT2D eigenvalue weighted by Crippen LogP contribution is 2.32. The highest BCUT2D eigenvalue weighted by atomic mass is 35.5. The van der Waals surface area contributed by atoms with E-state index in [1.165, 1.54) is 23.4 Å². The van der Waals surface area contributed by atoms with Crippen molar-refractivity contribution in [3.63, 3.8) is 0 Å². The zero-order valence-corrected chi connectivity index (χ0v) is 19.7. The molecule has 0 radical (unpaired) electrons. The summed E-state index contributed by atoms with van der Waals surface area (Å²) >= 11 is 5.79. The highest BCUT2D eigenvalue weighted by Gasteiger charge is 2.40. The van der Waals surface area contributed by atoms with Crippen LogP contribution in [0.1, 0.15) is 12.0 Å². The van der Waals surface area contributed by atoms with Crippen molar-refractivity contribution < 1.29 is 18.4 Å². The minimum absolute atomic E-state index is 0.0645. The molecule has 4 aromatic rings. The Morgan fingerprint density at radius 3 is 2.86 bits per heavy atom. The van der Waals surface area contributed by atoms with Gasteiger partial charge in [0.15, 0.2) is 0 Å². The molecule has 2 atom stereocenters. The third kappa shape index (κ3) is 4.37. The zero-order valence-electron chi connectivity index (χ0n) is 18.9. The summed E-state index contributed by atoms with van der Waals surface area (Å²) < 4.78 is 30.1. The Bertz CT molecular complexity index is 1440. The summed E-state index contributed by atoms with van der Waals surface area (Å²) in [6.45, 7) is -0.548. The summed E-state index contributed by atoms with van der Waals surface area (Å²) in [5, 5.41) is 3.11. The van der Waals surface area contributed by atoms with Crippen molar-refractivity contribution in [2.75, 3.05) is 12.3 Å². The number of benzene rings is 1. The molecule has 36 heavy (non-hydrogen) atoms. The molecule has 9 nitrogen and oxygen atoms in total. The number of aromatic nitrogens is 4. The second-order valence-electron chi connectivity index (χ2n) is 8.54. The van der Waals surface area contributed by atoms with Crippen LogP contribution in [0.3, 0.4) is 0 Å². The number of fused-ring (bicyclic) bond motifs is 1. The number of carbonyl (C=O) groups is 2. The molecule has 186 valence electrons. The maximum absolute atomic E-state index is 14.4. The number of aromatic amines is 1. The fourth-order valence-corrected chi connectivity index (χ4v) is 4.69. The van der Waals surface area contributed by atoms with Crippen molar-refractivity contribution in [1.82, 2.24) is 29.7 Å². The smallest absolute Gasteiger partial charge is 0.243 e. The standard InChI is InChI=1S/C24H22ClF2N7O2/c25-16-4-1-3-13(21(16)27)8-30-24(36)18-7-14(26)9-34(18)19(35)11-33-10-15(17-5-2-6-29-17)20-22(28)31-12-32-23(20)33/h1-6,10,12,14,18,29H,7-9,11H2,(H,30,36)(H2,28,31,32)/t14-,18+/m1/s1. The first kappa shape index (κ1) is 23.7. The number of nitrogens with two attached hydrogens (primary N) is 1. The van der Waals surface area contributed by atoms with Crippen LogP contribution in [0, 0.1) is 5.82 Å². The molecule has 3 aromatic heterocycles. The lowest BCUT2D eigenvalue weighted by Gasteiger charge is -2.24. The minimum Gasteiger partial charge on any atom is -0.383 e. The van der Waals surface area contributed by atoms with Gasteiger partial charge >= 0.3 is 0 Å². The van der Waals surface area contributed by atoms with E-state index in [-0.39, 0.29) is 42.5 Å². The number of amides is 2. The molecular formula is C24H22ClF2N7O2. The van der Waals surface area contributed by atoms with Crippen LogP contribution >= 0.6 is 11.6 Å². The number of hydrogen-bond donors (Lipinski definition) is 3. The van der Waals surface area contributed by atoms with Crippen molar-refractivity contribution in [3.05, 3.63) is 65.5 Å². The van der Waals surface area contributed by atoms with Crippen LogP contribution in [0.5, 0.6) is 0 Å². The first-order valence-corrected chi connectivity index (χ1v) is 11.6. The molecule has 4 heterocycles. The Balaban J connectivity index is 1.36. The number of likely N-dealkylation sites (tertiary alicyclic amines) is 1. The van der Waals surface area contributed by atoms with Gasteiger partial charge in [0.25, 0.3) is 0 Å². The number of H-pyrrole nitrogens is 1. The lowest BCUT2D eigenvalue weighted by molar-refractivity contribution is -0.139. The molecule has 0 bridgehead atoms. The van der Waals surface area contributed by atoms with Crippen LogP contribution in [0.4, 0.5) is 14.6 Å². The summed E-state index contributed by atoms with van der Waals surface area (Å²) in [7, 11) is 0. The predicted octanol–water partition coefficient (Wildman–Crippen LogP) is 3.06. The number of nitrogens with zero attached hydrogens (tertiary/aromatic N) is 4. The van der Waals surface area contributed by atoms with Gasteiger partial charge in [-0.05, 0) is 18.2 Å². The van der Waals surface area contributed by atoms with Gasteiger partial charge in [0, 0.05) is 42.2 Å². The van der Waals surface area contributed by atoms with Gasteiger partial charge < -0.3 is 25.5 Å². The quantitative estimate of drug-likeness (QED) is 0.366. The Morgan fingerprint density at radius 2 is 2.08 bits per heavy atom. The largest absolute Gasteiger partial charge is 0.383 e. The molecule has 0 unspecified atom stereocenters. The fraction of sp³-hybridized carbons (Fsp3) is 0.250. The third-order valence-electron chi connectivity index (χ3n) is 6.23. The van der Waals surface area contributed by atoms with Crippen LogP contribution in [0.2, 0.25) is 5.02 Å². The molecule has 0 saturated carbocycles. The molecule has 2 amide bonds. The SMILES string of the molecule is Nc1ncnc2c1c(-c1ccc[nH]1)cn2CC(=O)N1C[C@H](F)C[C@H]1C(=O)NCc1cccc(Cl)c1F. The van der Waals surface area contributed by atoms with E-state index >= 15 is 0 Å². The summed E-state index contributed by atoms with van der Waals surface area (Å²) in [6.07, 6.45) is 3.27. The van der Waals surface area contributed by atoms with Crippen LogP contribution in [0.15, 0.2) is 49.1 Å². The average molecular weight is 514 g/mol. The van der Waals surface area contributed by atoms with Gasteiger partial charge in [-0.25, -0.2) is 18.7 Å². The molecule has 0 aliphatic carbocycles. The first-order chi connectivity index (χ1) is 17.3. The monoisotopic (exact) mass is 513 g/mol. The summed E-state index contributed by atoms with van der Waals surface area (Å²) in [5.74, 6) is -1.41. The average Bonchev–Trinajstić information content (AvgIpc) is 3.59. The predicted molar refractivity (Wildman–Crippen MR) is 130 cm³/mol. The van der Waals surface area contributed by atoms with Crippen LogP contribution in [0.25, 0.3) is 22.3 Å². The molecular weight excluding hydrogens is 492 g/mol. The van der Waals surface area contributed by atoms with Crippen LogP contribution in [-0.2, 0) is 22.7 Å². The normalized spacial score (nSPS) is 17.6. The molecule has 1 aliphatic rings. The number of rotatable bonds is 6. The molecule has 1 aliphatic heterocycles. The molecule has 1 fully saturated rings. The van der Waals surface area contributed by atoms with Crippen LogP contribution < -0.4 is 11.1 Å². The fourth-order valence-electron chi connectivity index (χ4n) is 4.50. The van der Waals surface area contributed by atoms with E-state index in [1.807, 2.05) is 12.1 Å². The van der Waals surface area contributed by atoms with Crippen molar-refractivity contribution in [1.29, 1.82) is 0 Å². The van der Waals surface area contributed by atoms with Gasteiger partial charge in [-0.15, -0.1) is 0 Å². The molecule has 1 saturated heterocycles. The second kappa shape index (κ2) is 9.57. The lowest BCUT2D eigenvalue weighted by atomic mass is 10.1. The van der Waals surface area contributed by atoms with Crippen molar-refractivity contribution in [3.8, 4) is 11.3 Å². The maximum Gasteiger partial charge on any atom is 0.243 e. The molecule has 5 rings (SSSR count). The van der Waals surface area contributed by atoms with E-state index in [9.17, 15) is 18.4 Å². The van der Waals surface area contributed by atoms with E-state index in [4.69, 9.17) is 17.3 Å². The van der Waals surface area contributed by atoms with Gasteiger partial charge in [-0.2, -0.15) is 0 Å². The van der Waals surface area contributed by atoms with Crippen molar-refractivity contribution in [2.45, 2.75) is 31.7 Å². The maximum atomic E-state index is 14.4. The second-order valence-corrected chi connectivity index (χ2v) is 8.94. The Kier molecular flexibility index (Phi) is 6.31. The summed E-state index contributed by atoms with van der Waals surface area (Å²) in [6, 6.07) is 7.11. The first-order valence-electron chi connectivity index (χ1n) is 11.2. The minimum atomic E-state index is -1.36. The molecule has 1 aromatic carbocycles. The van der Waals surface area contributed by atoms with Gasteiger partial charge in [-0.3, -0.25) is 9.59 Å². The van der Waals surface area contributed by atoms with Crippen molar-refractivity contribution >= 4 is 40.3 Å². The number of hydrogen-bond acceptors (Lipinski definition) is 5. The van der Waals surface area contributed by atoms with E-state index in [2.05, 4.69) is 20.3 Å². The number of anilines is 1. The Morgan fingerprint density at radius 1 is 1.25 bits per heavy atom. The third-order valence-corrected chi connectivity index (χ3v) is 6.53. The highest BCUT2D eigenvalue weighted by molar-refractivity contribution is 6.30. The number of nitrogen functional groups attached to an aromatic ring is 1. The van der Waals surface area contributed by atoms with Gasteiger partial charge in [0.2, 0.25) is 11.8 Å². The van der Waals surface area contributed by atoms with Crippen molar-refractivity contribution in [2.24, 2.45) is 0 Å². The Hall–Kier alpha value is -3.99. The molecule has 0 spiro atoms. The number of carbonyl (C=O) groups excluding carboxylic acids is 2. The summed E-state index contributed by atoms with van der Waals surface area (Å²) in [5.41, 5.74) is 8.21. The van der Waals surface area contributed by atoms with Gasteiger partial charge in [0.05, 0.1) is 17.0 Å². The van der Waals surface area contributed by atoms with Gasteiger partial charge in [-0.1, -0.05) is 23.7 Å². The van der Waals surface area contributed by atoms with E-state index in [0.29, 0.717) is 16.6 Å². The number of alkyl halides is 1. The molecule has 4 N–H and O–H groups in total. The number of halogens is 3. The Labute approximate surface area is 209 Å². The summed E-state index contributed by atoms with van der Waals surface area (Å²) in [4.78, 5) is 38.8. The molecule has 12 heteroatoms. The zero-order chi connectivity index (χ0) is 25.4. The topological polar surface area (TPSA) is 122 Å². The van der Waals surface area contributed by atoms with Crippen LogP contribution in [-0.4, -0.2) is 55.0 Å². The van der Waals surface area contributed by atoms with E-state index in [1.54, 1.807) is 23.0 Å². The number of nitrogens with one attached hydrogen (secondary N) is 2.